The van der Waals surface area contributed by atoms with E-state index in [1.165, 1.54) is 5.56 Å². The van der Waals surface area contributed by atoms with Gasteiger partial charge in [-0.15, -0.1) is 0 Å². The molecule has 1 heterocycles. The second-order valence-electron chi connectivity index (χ2n) is 8.16. The van der Waals surface area contributed by atoms with E-state index in [1.54, 1.807) is 0 Å². The number of H-pyrrole nitrogens is 1. The van der Waals surface area contributed by atoms with E-state index in [2.05, 4.69) is 41.6 Å². The maximum Gasteiger partial charge on any atom is 0.251 e. The summed E-state index contributed by atoms with van der Waals surface area (Å²) in [5.41, 5.74) is 1.81. The number of hydrogen-bond donors (Lipinski definition) is 3. The topological polar surface area (TPSA) is 91.8 Å². The molecule has 1 aliphatic rings. The smallest absolute Gasteiger partial charge is 0.251 e. The normalized spacial score (nSPS) is 14.0. The van der Waals surface area contributed by atoms with Crippen molar-refractivity contribution in [2.45, 2.75) is 58.0 Å². The summed E-state index contributed by atoms with van der Waals surface area (Å²) in [4.78, 5) is 24.3. The van der Waals surface area contributed by atoms with Gasteiger partial charge in [0.2, 0.25) is 5.91 Å². The molecule has 1 saturated carbocycles. The second kappa shape index (κ2) is 8.26. The van der Waals surface area contributed by atoms with Crippen molar-refractivity contribution in [2.75, 3.05) is 6.54 Å². The average molecular weight is 402 g/mol. The molecule has 0 bridgehead atoms. The molecule has 0 saturated heterocycles. The van der Waals surface area contributed by atoms with Crippen LogP contribution in [0.4, 0.5) is 0 Å². The largest absolute Gasteiger partial charge is 0.352 e. The van der Waals surface area contributed by atoms with Gasteiger partial charge in [0.15, 0.2) is 10.6 Å². The van der Waals surface area contributed by atoms with Crippen LogP contribution in [0.3, 0.4) is 0 Å². The minimum atomic E-state index is -0.178. The van der Waals surface area contributed by atoms with Gasteiger partial charge in [0, 0.05) is 24.6 Å². The van der Waals surface area contributed by atoms with Crippen molar-refractivity contribution in [3.63, 3.8) is 0 Å². The molecule has 3 N–H and O–H groups in total. The Morgan fingerprint density at radius 1 is 1.21 bits per heavy atom. The number of nitrogens with zero attached hydrogens (tertiary/aromatic N) is 2. The first-order valence-electron chi connectivity index (χ1n) is 9.57. The number of hydrogen-bond acceptors (Lipinski definition) is 4. The van der Waals surface area contributed by atoms with Gasteiger partial charge in [0.1, 0.15) is 0 Å². The third-order valence-electron chi connectivity index (χ3n) is 4.78. The van der Waals surface area contributed by atoms with Crippen LogP contribution in [-0.2, 0) is 16.8 Å². The fourth-order valence-electron chi connectivity index (χ4n) is 2.95. The zero-order valence-electron chi connectivity index (χ0n) is 16.5. The molecule has 1 aromatic heterocycles. The molecule has 1 fully saturated rings. The standard InChI is InChI=1S/C20H27N5O2S/c1-20(2,3)14-6-4-13(5-7-14)18(27)21-11-10-17(26)22-12-16-23-24-19(28)25(16)15-8-9-15/h4-7,15H,8-12H2,1-3H3,(H,21,27)(H,22,26)(H,24,28). The maximum atomic E-state index is 12.2. The van der Waals surface area contributed by atoms with Crippen LogP contribution in [0.2, 0.25) is 0 Å². The number of rotatable bonds is 7. The monoisotopic (exact) mass is 401 g/mol. The summed E-state index contributed by atoms with van der Waals surface area (Å²) < 4.78 is 2.56. The van der Waals surface area contributed by atoms with Crippen molar-refractivity contribution in [1.82, 2.24) is 25.4 Å². The molecule has 28 heavy (non-hydrogen) atoms. The Bertz CT molecular complexity index is 904. The van der Waals surface area contributed by atoms with E-state index in [0.29, 0.717) is 22.9 Å². The van der Waals surface area contributed by atoms with E-state index in [-0.39, 0.29) is 30.2 Å². The molecule has 150 valence electrons. The fraction of sp³-hybridized carbons (Fsp3) is 0.500. The zero-order valence-corrected chi connectivity index (χ0v) is 17.4. The van der Waals surface area contributed by atoms with Gasteiger partial charge < -0.3 is 10.6 Å². The first-order valence-corrected chi connectivity index (χ1v) is 9.98. The number of benzene rings is 1. The fourth-order valence-corrected chi connectivity index (χ4v) is 3.25. The summed E-state index contributed by atoms with van der Waals surface area (Å²) in [5.74, 6) is 0.423. The van der Waals surface area contributed by atoms with E-state index in [0.717, 1.165) is 18.7 Å². The Labute approximate surface area is 169 Å². The molecule has 7 nitrogen and oxygen atoms in total. The van der Waals surface area contributed by atoms with Crippen LogP contribution >= 0.6 is 12.2 Å². The van der Waals surface area contributed by atoms with Crippen molar-refractivity contribution in [2.24, 2.45) is 0 Å². The molecule has 0 radical (unpaired) electrons. The van der Waals surface area contributed by atoms with Crippen molar-refractivity contribution >= 4 is 24.0 Å². The van der Waals surface area contributed by atoms with Gasteiger partial charge >= 0.3 is 0 Å². The molecule has 3 rings (SSSR count). The number of carbonyl (C=O) groups is 2. The van der Waals surface area contributed by atoms with Gasteiger partial charge in [-0.2, -0.15) is 5.10 Å². The summed E-state index contributed by atoms with van der Waals surface area (Å²) in [6.45, 7) is 6.99. The highest BCUT2D eigenvalue weighted by atomic mass is 32.1. The Hall–Kier alpha value is -2.48. The highest BCUT2D eigenvalue weighted by molar-refractivity contribution is 7.71. The lowest BCUT2D eigenvalue weighted by Gasteiger charge is -2.19. The van der Waals surface area contributed by atoms with E-state index < -0.39 is 0 Å². The minimum absolute atomic E-state index is 0.0467. The van der Waals surface area contributed by atoms with Crippen LogP contribution < -0.4 is 10.6 Å². The number of amides is 2. The number of aromatic amines is 1. The number of carbonyl (C=O) groups excluding carboxylic acids is 2. The molecule has 0 atom stereocenters. The molecule has 1 aromatic carbocycles. The lowest BCUT2D eigenvalue weighted by molar-refractivity contribution is -0.121. The summed E-state index contributed by atoms with van der Waals surface area (Å²) in [6, 6.07) is 7.97. The zero-order chi connectivity index (χ0) is 20.3. The van der Waals surface area contributed by atoms with Crippen molar-refractivity contribution in [3.05, 3.63) is 46.0 Å². The van der Waals surface area contributed by atoms with E-state index in [1.807, 2.05) is 28.8 Å². The molecule has 0 aliphatic heterocycles. The number of nitrogens with one attached hydrogen (secondary N) is 3. The van der Waals surface area contributed by atoms with Crippen LogP contribution in [0, 0.1) is 4.77 Å². The third-order valence-corrected chi connectivity index (χ3v) is 5.07. The molecule has 8 heteroatoms. The number of aromatic nitrogens is 3. The van der Waals surface area contributed by atoms with Crippen LogP contribution in [0.5, 0.6) is 0 Å². The first kappa shape index (κ1) is 20.3. The van der Waals surface area contributed by atoms with Gasteiger partial charge in [-0.3, -0.25) is 19.3 Å². The van der Waals surface area contributed by atoms with E-state index in [9.17, 15) is 9.59 Å². The molecule has 0 spiro atoms. The van der Waals surface area contributed by atoms with Gasteiger partial charge in [-0.25, -0.2) is 0 Å². The summed E-state index contributed by atoms with van der Waals surface area (Å²) >= 11 is 5.23. The maximum absolute atomic E-state index is 12.2. The van der Waals surface area contributed by atoms with Gasteiger partial charge in [0.05, 0.1) is 6.54 Å². The molecular weight excluding hydrogens is 374 g/mol. The van der Waals surface area contributed by atoms with Gasteiger partial charge in [-0.1, -0.05) is 32.9 Å². The van der Waals surface area contributed by atoms with Crippen LogP contribution in [0.25, 0.3) is 0 Å². The first-order chi connectivity index (χ1) is 13.3. The summed E-state index contributed by atoms with van der Waals surface area (Å²) in [6.07, 6.45) is 2.40. The highest BCUT2D eigenvalue weighted by Crippen LogP contribution is 2.35. The average Bonchev–Trinajstić information content (AvgIpc) is 3.41. The molecular formula is C20H27N5O2S. The quantitative estimate of drug-likeness (QED) is 0.622. The summed E-state index contributed by atoms with van der Waals surface area (Å²) in [5, 5.41) is 12.6. The Balaban J connectivity index is 1.42. The predicted octanol–water partition coefficient (Wildman–Crippen LogP) is 3.01. The van der Waals surface area contributed by atoms with E-state index >= 15 is 0 Å². The van der Waals surface area contributed by atoms with Crippen molar-refractivity contribution in [3.8, 4) is 0 Å². The van der Waals surface area contributed by atoms with E-state index in [4.69, 9.17) is 12.2 Å². The highest BCUT2D eigenvalue weighted by Gasteiger charge is 2.27. The second-order valence-corrected chi connectivity index (χ2v) is 8.54. The minimum Gasteiger partial charge on any atom is -0.352 e. The Kier molecular flexibility index (Phi) is 5.98. The molecule has 2 amide bonds. The predicted molar refractivity (Wildman–Crippen MR) is 110 cm³/mol. The van der Waals surface area contributed by atoms with Crippen LogP contribution in [0.15, 0.2) is 24.3 Å². The van der Waals surface area contributed by atoms with Gasteiger partial charge in [0.25, 0.3) is 5.91 Å². The summed E-state index contributed by atoms with van der Waals surface area (Å²) in [7, 11) is 0. The lowest BCUT2D eigenvalue weighted by Crippen LogP contribution is -2.31. The Morgan fingerprint density at radius 2 is 1.89 bits per heavy atom. The van der Waals surface area contributed by atoms with Crippen LogP contribution in [-0.4, -0.2) is 33.1 Å². The SMILES string of the molecule is CC(C)(C)c1ccc(C(=O)NCCC(=O)NCc2n[nH]c(=S)n2C2CC2)cc1. The molecule has 2 aromatic rings. The van der Waals surface area contributed by atoms with Crippen LogP contribution in [0.1, 0.15) is 67.8 Å². The van der Waals surface area contributed by atoms with Crippen molar-refractivity contribution < 1.29 is 9.59 Å². The van der Waals surface area contributed by atoms with Gasteiger partial charge in [-0.05, 0) is 48.2 Å². The lowest BCUT2D eigenvalue weighted by atomic mass is 9.87. The molecule has 0 unspecified atom stereocenters. The Morgan fingerprint density at radius 3 is 2.50 bits per heavy atom. The van der Waals surface area contributed by atoms with Crippen molar-refractivity contribution in [1.29, 1.82) is 0 Å². The third kappa shape index (κ3) is 5.07. The molecule has 1 aliphatic carbocycles.